The summed E-state index contributed by atoms with van der Waals surface area (Å²) in [6.07, 6.45) is 5.57. The molecule has 10 N–H and O–H groups in total. The van der Waals surface area contributed by atoms with Gasteiger partial charge in [-0.05, 0) is 92.7 Å². The highest BCUT2D eigenvalue weighted by Gasteiger charge is 2.36. The molecule has 1 aliphatic rings. The number of hydrogen-bond acceptors (Lipinski definition) is 12. The van der Waals surface area contributed by atoms with Crippen molar-refractivity contribution in [2.45, 2.75) is 89.9 Å². The van der Waals surface area contributed by atoms with Gasteiger partial charge in [-0.3, -0.25) is 29.0 Å². The number of nitriles is 1. The van der Waals surface area contributed by atoms with E-state index in [0.717, 1.165) is 36.6 Å². The number of aromatic nitrogens is 1. The lowest BCUT2D eigenvalue weighted by atomic mass is 9.93. The van der Waals surface area contributed by atoms with Crippen molar-refractivity contribution in [3.63, 3.8) is 0 Å². The predicted octanol–water partition coefficient (Wildman–Crippen LogP) is 2.84. The second kappa shape index (κ2) is 23.9. The van der Waals surface area contributed by atoms with Crippen LogP contribution in [-0.2, 0) is 32.0 Å². The van der Waals surface area contributed by atoms with Crippen LogP contribution < -0.4 is 47.9 Å². The van der Waals surface area contributed by atoms with Gasteiger partial charge in [-0.2, -0.15) is 5.26 Å². The van der Waals surface area contributed by atoms with Gasteiger partial charge < -0.3 is 52.8 Å². The molecule has 0 saturated carbocycles. The number of likely N-dealkylation sites (N-methyl/N-ethyl adjacent to an activating group) is 1. The highest BCUT2D eigenvalue weighted by Crippen LogP contribution is 2.40. The summed E-state index contributed by atoms with van der Waals surface area (Å²) in [7, 11) is 1.43. The number of pyridine rings is 1. The maximum absolute atomic E-state index is 14.7. The molecule has 4 atom stereocenters. The van der Waals surface area contributed by atoms with Crippen LogP contribution >= 0.6 is 0 Å². The standard InChI is InChI=1S/C48H62N10O7/c1-5-6-7-8-9-31-10-12-33-27-35(29(2)54-39(33)25-31)45(60)56-38(16-17-49)48(63)58(4)43-34-13-15-42(65-23-20-52)37(28-34)36-24-32(11-14-41(36)64-22-19-51)26-40(46(61)53-21-18-50)57-44(59)30(3)55-47(43)62/h10-15,24-25,27-28,30,38,40,43H,5-9,16-17,19-23,26,49,51-52H2,1-4H3,(H,53,61)(H,55,62)(H,56,60)(H,57,59)/t30-,38-,40-,43-/m0/s1. The Kier molecular flexibility index (Phi) is 18.2. The molecule has 0 radical (unpaired) electrons. The number of ether oxygens (including phenoxy) is 2. The van der Waals surface area contributed by atoms with E-state index in [0.29, 0.717) is 39.4 Å². The molecular formula is C48H62N10O7. The van der Waals surface area contributed by atoms with Gasteiger partial charge in [0.05, 0.1) is 22.8 Å². The van der Waals surface area contributed by atoms with Crippen LogP contribution in [-0.4, -0.2) is 104 Å². The highest BCUT2D eigenvalue weighted by molar-refractivity contribution is 6.02. The van der Waals surface area contributed by atoms with E-state index >= 15 is 0 Å². The number of hydrogen-bond donors (Lipinski definition) is 7. The number of benzene rings is 3. The summed E-state index contributed by atoms with van der Waals surface area (Å²) in [6.45, 7) is 5.80. The van der Waals surface area contributed by atoms with Crippen molar-refractivity contribution in [2.24, 2.45) is 17.2 Å². The van der Waals surface area contributed by atoms with Crippen molar-refractivity contribution in [2.75, 3.05) is 46.4 Å². The quantitative estimate of drug-likeness (QED) is 0.0529. The maximum atomic E-state index is 14.7. The molecule has 5 amide bonds. The molecule has 3 aromatic carbocycles. The summed E-state index contributed by atoms with van der Waals surface area (Å²) < 4.78 is 12.2. The largest absolute Gasteiger partial charge is 0.492 e. The second-order valence-electron chi connectivity index (χ2n) is 16.1. The molecular weight excluding hydrogens is 829 g/mol. The Bertz CT molecular complexity index is 2380. The van der Waals surface area contributed by atoms with Crippen molar-refractivity contribution in [1.82, 2.24) is 31.2 Å². The molecule has 0 unspecified atom stereocenters. The lowest BCUT2D eigenvalue weighted by Crippen LogP contribution is -2.56. The smallest absolute Gasteiger partial charge is 0.253 e. The molecule has 65 heavy (non-hydrogen) atoms. The number of fused-ring (bicyclic) bond motifs is 6. The molecule has 2 heterocycles. The van der Waals surface area contributed by atoms with Gasteiger partial charge in [0.1, 0.15) is 55.4 Å². The molecule has 17 heteroatoms. The van der Waals surface area contributed by atoms with E-state index in [1.54, 1.807) is 49.4 Å². The Morgan fingerprint density at radius 3 is 2.29 bits per heavy atom. The third kappa shape index (κ3) is 12.8. The van der Waals surface area contributed by atoms with Crippen LogP contribution in [0.15, 0.2) is 60.7 Å². The van der Waals surface area contributed by atoms with Crippen LogP contribution in [0.5, 0.6) is 11.5 Å². The Hall–Kier alpha value is -6.61. The number of nitrogens with zero attached hydrogens (tertiary/aromatic N) is 3. The van der Waals surface area contributed by atoms with Crippen LogP contribution in [0.3, 0.4) is 0 Å². The minimum absolute atomic E-state index is 0.00948. The minimum Gasteiger partial charge on any atom is -0.492 e. The van der Waals surface area contributed by atoms with Crippen LogP contribution in [0.1, 0.15) is 84.7 Å². The van der Waals surface area contributed by atoms with Gasteiger partial charge >= 0.3 is 0 Å². The topological polar surface area (TPSA) is 270 Å². The number of unbranched alkanes of at least 4 members (excludes halogenated alkanes) is 3. The number of aryl methyl sites for hydroxylation is 2. The fourth-order valence-corrected chi connectivity index (χ4v) is 7.82. The lowest BCUT2D eigenvalue weighted by Gasteiger charge is -2.32. The normalized spacial score (nSPS) is 16.6. The van der Waals surface area contributed by atoms with E-state index in [9.17, 15) is 24.0 Å². The Morgan fingerprint density at radius 1 is 0.908 bits per heavy atom. The van der Waals surface area contributed by atoms with Crippen LogP contribution in [0.2, 0.25) is 0 Å². The summed E-state index contributed by atoms with van der Waals surface area (Å²) in [6, 6.07) is 15.0. The average molecular weight is 891 g/mol. The summed E-state index contributed by atoms with van der Waals surface area (Å²) in [5.74, 6) is -2.42. The molecule has 4 bridgehead atoms. The molecule has 346 valence electrons. The predicted molar refractivity (Wildman–Crippen MR) is 248 cm³/mol. The first-order valence-electron chi connectivity index (χ1n) is 22.2. The number of carbonyl (C=O) groups is 5. The number of nitrogens with one attached hydrogen (secondary N) is 4. The van der Waals surface area contributed by atoms with Crippen LogP contribution in [0.25, 0.3) is 22.0 Å². The number of amides is 5. The lowest BCUT2D eigenvalue weighted by molar-refractivity contribution is -0.141. The van der Waals surface area contributed by atoms with Crippen LogP contribution in [0.4, 0.5) is 0 Å². The first-order chi connectivity index (χ1) is 31.3. The fourth-order valence-electron chi connectivity index (χ4n) is 7.82. The van der Waals surface area contributed by atoms with E-state index in [4.69, 9.17) is 36.9 Å². The van der Waals surface area contributed by atoms with E-state index in [1.807, 2.05) is 24.3 Å². The first-order valence-corrected chi connectivity index (χ1v) is 22.2. The molecule has 0 fully saturated rings. The van der Waals surface area contributed by atoms with E-state index in [2.05, 4.69) is 28.2 Å². The van der Waals surface area contributed by atoms with Gasteiger partial charge in [-0.25, -0.2) is 0 Å². The SMILES string of the molecule is CCCCCCc1ccc2cc(C(=O)N[C@@H](CCN)C(=O)N(C)[C@@H]3C(=O)N[C@@H](C)C(=O)N[C@H](C(=O)NCC#N)Cc4ccc(OCCN)c(c4)-c4cc3ccc4OCCN)c(C)nc2c1. The summed E-state index contributed by atoms with van der Waals surface area (Å²) >= 11 is 0. The third-order valence-corrected chi connectivity index (χ3v) is 11.2. The summed E-state index contributed by atoms with van der Waals surface area (Å²) in [5.41, 5.74) is 22.3. The van der Waals surface area contributed by atoms with Crippen molar-refractivity contribution in [1.29, 1.82) is 5.26 Å². The van der Waals surface area contributed by atoms with Gasteiger partial charge in [-0.15, -0.1) is 0 Å². The van der Waals surface area contributed by atoms with Crippen molar-refractivity contribution < 1.29 is 33.4 Å². The number of rotatable bonds is 19. The molecule has 1 aliphatic heterocycles. The second-order valence-corrected chi connectivity index (χ2v) is 16.1. The third-order valence-electron chi connectivity index (χ3n) is 11.2. The Labute approximate surface area is 380 Å². The zero-order valence-corrected chi connectivity index (χ0v) is 37.7. The minimum atomic E-state index is -1.38. The Morgan fingerprint density at radius 2 is 1.62 bits per heavy atom. The number of nitrogens with two attached hydrogens (primary N) is 3. The average Bonchev–Trinajstić information content (AvgIpc) is 3.29. The van der Waals surface area contributed by atoms with Crippen molar-refractivity contribution in [3.05, 3.63) is 88.6 Å². The van der Waals surface area contributed by atoms with Gasteiger partial charge in [0.2, 0.25) is 23.6 Å². The highest BCUT2D eigenvalue weighted by atomic mass is 16.5. The molecule has 4 aromatic rings. The van der Waals surface area contributed by atoms with Crippen LogP contribution in [0, 0.1) is 18.3 Å². The Balaban J connectivity index is 1.55. The van der Waals surface area contributed by atoms with Crippen molar-refractivity contribution >= 4 is 40.4 Å². The molecule has 17 nitrogen and oxygen atoms in total. The van der Waals surface area contributed by atoms with E-state index in [-0.39, 0.29) is 57.8 Å². The molecule has 0 saturated heterocycles. The molecule has 5 rings (SSSR count). The number of carbonyl (C=O) groups excluding carboxylic acids is 5. The van der Waals surface area contributed by atoms with E-state index < -0.39 is 53.7 Å². The zero-order chi connectivity index (χ0) is 47.0. The van der Waals surface area contributed by atoms with Crippen molar-refractivity contribution in [3.8, 4) is 28.7 Å². The van der Waals surface area contributed by atoms with E-state index in [1.165, 1.54) is 30.9 Å². The fraction of sp³-hybridized carbons (Fsp3) is 0.438. The van der Waals surface area contributed by atoms with Gasteiger partial charge in [0.25, 0.3) is 5.91 Å². The van der Waals surface area contributed by atoms with Gasteiger partial charge in [0, 0.05) is 43.1 Å². The molecule has 1 aromatic heterocycles. The summed E-state index contributed by atoms with van der Waals surface area (Å²) in [5, 5.41) is 20.7. The summed E-state index contributed by atoms with van der Waals surface area (Å²) in [4.78, 5) is 76.4. The monoisotopic (exact) mass is 890 g/mol. The first kappa shape index (κ1) is 49.4. The zero-order valence-electron chi connectivity index (χ0n) is 37.7. The molecule has 0 spiro atoms. The van der Waals surface area contributed by atoms with Gasteiger partial charge in [0.15, 0.2) is 0 Å². The molecule has 0 aliphatic carbocycles. The maximum Gasteiger partial charge on any atom is 0.253 e. The van der Waals surface area contributed by atoms with Gasteiger partial charge in [-0.1, -0.05) is 50.5 Å².